The van der Waals surface area contributed by atoms with Gasteiger partial charge in [-0.25, -0.2) is 0 Å². The number of hydrogen-bond acceptors (Lipinski definition) is 4. The topological polar surface area (TPSA) is 134 Å². The highest BCUT2D eigenvalue weighted by molar-refractivity contribution is 7.54. The summed E-state index contributed by atoms with van der Waals surface area (Å²) in [4.78, 5) is 39.4. The third-order valence-electron chi connectivity index (χ3n) is 9.48. The van der Waals surface area contributed by atoms with Crippen molar-refractivity contribution in [2.24, 2.45) is 0 Å². The third kappa shape index (κ3) is 32.4. The molecule has 0 spiro atoms. The highest BCUT2D eigenvalue weighted by atomic mass is 31.2. The maximum absolute atomic E-state index is 12.6. The van der Waals surface area contributed by atoms with Crippen LogP contribution in [0.5, 0.6) is 0 Å². The molecule has 0 aromatic heterocycles. The van der Waals surface area contributed by atoms with Gasteiger partial charge in [-0.2, -0.15) is 0 Å². The summed E-state index contributed by atoms with van der Waals surface area (Å²) in [5.74, 6) is 0. The van der Waals surface area contributed by atoms with E-state index in [-0.39, 0.29) is 13.2 Å². The van der Waals surface area contributed by atoms with E-state index in [1.54, 1.807) is 0 Å². The van der Waals surface area contributed by atoms with Crippen LogP contribution in [-0.4, -0.2) is 50.9 Å². The zero-order valence-corrected chi connectivity index (χ0v) is 34.2. The molecule has 0 saturated heterocycles. The smallest absolute Gasteiger partial charge is 0.359 e. The first-order valence-electron chi connectivity index (χ1n) is 20.7. The predicted molar refractivity (Wildman–Crippen MR) is 212 cm³/mol. The summed E-state index contributed by atoms with van der Waals surface area (Å²) in [7, 11) is -9.35. The molecule has 0 amide bonds. The van der Waals surface area contributed by atoms with Gasteiger partial charge in [0.15, 0.2) is 5.34 Å². The van der Waals surface area contributed by atoms with Gasteiger partial charge < -0.3 is 29.0 Å². The quantitative estimate of drug-likeness (QED) is 0.0277. The van der Waals surface area contributed by atoms with E-state index in [2.05, 4.69) is 38.2 Å². The van der Waals surface area contributed by atoms with Gasteiger partial charge in [-0.15, -0.1) is 0 Å². The minimum atomic E-state index is -4.88. The molecule has 1 unspecified atom stereocenters. The van der Waals surface area contributed by atoms with Crippen molar-refractivity contribution in [3.8, 4) is 0 Å². The van der Waals surface area contributed by atoms with Gasteiger partial charge >= 0.3 is 15.2 Å². The zero-order valence-electron chi connectivity index (χ0n) is 32.5. The first-order chi connectivity index (χ1) is 24.1. The average Bonchev–Trinajstić information content (AvgIpc) is 3.06. The zero-order chi connectivity index (χ0) is 37.1. The van der Waals surface area contributed by atoms with E-state index in [0.29, 0.717) is 13.0 Å². The fraction of sp³-hybridized carbons (Fsp3) is 0.900. The molecule has 0 bridgehead atoms. The van der Waals surface area contributed by atoms with Gasteiger partial charge in [-0.1, -0.05) is 154 Å². The Hall–Kier alpha value is -0.300. The lowest BCUT2D eigenvalue weighted by molar-refractivity contribution is -0.0623. The van der Waals surface area contributed by atoms with Crippen LogP contribution < -0.4 is 0 Å². The molecule has 0 aliphatic rings. The Labute approximate surface area is 308 Å². The van der Waals surface area contributed by atoms with E-state index in [4.69, 9.17) is 9.47 Å². The fourth-order valence-electron chi connectivity index (χ4n) is 6.12. The number of rotatable bonds is 39. The van der Waals surface area contributed by atoms with Crippen LogP contribution in [0.15, 0.2) is 24.3 Å². The molecule has 0 heterocycles. The van der Waals surface area contributed by atoms with E-state index in [1.165, 1.54) is 109 Å². The molecule has 50 heavy (non-hydrogen) atoms. The van der Waals surface area contributed by atoms with Gasteiger partial charge in [0.25, 0.3) is 0 Å². The van der Waals surface area contributed by atoms with Crippen molar-refractivity contribution in [2.45, 2.75) is 205 Å². The van der Waals surface area contributed by atoms with Crippen LogP contribution in [0.25, 0.3) is 0 Å². The van der Waals surface area contributed by atoms with Crippen LogP contribution in [0.3, 0.4) is 0 Å². The maximum atomic E-state index is 12.6. The Bertz CT molecular complexity index is 885. The van der Waals surface area contributed by atoms with Crippen molar-refractivity contribution in [2.75, 3.05) is 26.0 Å². The Morgan fingerprint density at radius 2 is 0.820 bits per heavy atom. The fourth-order valence-corrected chi connectivity index (χ4v) is 7.87. The minimum Gasteiger partial charge on any atom is -0.378 e. The molecular weight excluding hydrogens is 670 g/mol. The van der Waals surface area contributed by atoms with Crippen LogP contribution in [0.2, 0.25) is 0 Å². The molecule has 0 aromatic rings. The molecule has 0 aliphatic carbocycles. The van der Waals surface area contributed by atoms with Crippen LogP contribution >= 0.6 is 15.2 Å². The molecule has 298 valence electrons. The SMILES string of the molecule is CCCCCCCCC=CCCCCCCCCOCC(CCP(=O)(O)O)(OCCCCCCCCC=CCCCCCCCC)P(=O)(O)O. The molecule has 0 saturated carbocycles. The van der Waals surface area contributed by atoms with Gasteiger partial charge in [-0.3, -0.25) is 9.13 Å². The van der Waals surface area contributed by atoms with Crippen molar-refractivity contribution >= 4 is 15.2 Å². The molecule has 0 aliphatic heterocycles. The van der Waals surface area contributed by atoms with Gasteiger partial charge in [0.1, 0.15) is 0 Å². The lowest BCUT2D eigenvalue weighted by Gasteiger charge is -2.34. The summed E-state index contributed by atoms with van der Waals surface area (Å²) in [6.45, 7) is 4.56. The monoisotopic (exact) mass is 751 g/mol. The molecule has 1 atom stereocenters. The van der Waals surface area contributed by atoms with Crippen molar-refractivity contribution in [3.05, 3.63) is 24.3 Å². The second-order valence-corrected chi connectivity index (χ2v) is 18.1. The number of hydrogen-bond donors (Lipinski definition) is 4. The second kappa shape index (κ2) is 34.5. The van der Waals surface area contributed by atoms with E-state index < -0.39 is 33.1 Å². The van der Waals surface area contributed by atoms with E-state index in [9.17, 15) is 28.7 Å². The lowest BCUT2D eigenvalue weighted by Crippen LogP contribution is -2.39. The molecule has 0 radical (unpaired) electrons. The van der Waals surface area contributed by atoms with E-state index >= 15 is 0 Å². The standard InChI is InChI=1S/C40H80O8P2/c1-3-5-7-9-11-13-15-17-19-21-23-25-27-29-31-33-36-47-39-40(50(44,45)46,35-38-49(41,42)43)48-37-34-32-30-28-26-24-22-20-18-16-14-12-10-8-6-4-2/h17-20H,3-16,21-39H2,1-2H3,(H2,41,42,43)(H2,44,45,46). The van der Waals surface area contributed by atoms with Crippen LogP contribution in [0.1, 0.15) is 200 Å². The second-order valence-electron chi connectivity index (χ2n) is 14.4. The lowest BCUT2D eigenvalue weighted by atomic mass is 10.1. The van der Waals surface area contributed by atoms with Crippen molar-refractivity contribution < 1.29 is 38.2 Å². The van der Waals surface area contributed by atoms with Crippen molar-refractivity contribution in [1.82, 2.24) is 0 Å². The van der Waals surface area contributed by atoms with Gasteiger partial charge in [0.2, 0.25) is 0 Å². The summed E-state index contributed by atoms with van der Waals surface area (Å²) in [5.41, 5.74) is 0. The largest absolute Gasteiger partial charge is 0.378 e. The summed E-state index contributed by atoms with van der Waals surface area (Å²) in [6, 6.07) is 0. The summed E-state index contributed by atoms with van der Waals surface area (Å²) >= 11 is 0. The number of ether oxygens (including phenoxy) is 2. The summed E-state index contributed by atoms with van der Waals surface area (Å²) in [5, 5.41) is -2.04. The normalized spacial score (nSPS) is 14.0. The van der Waals surface area contributed by atoms with Crippen LogP contribution in [-0.2, 0) is 18.6 Å². The van der Waals surface area contributed by atoms with E-state index in [0.717, 1.165) is 64.2 Å². The minimum absolute atomic E-state index is 0.116. The van der Waals surface area contributed by atoms with Crippen LogP contribution in [0.4, 0.5) is 0 Å². The van der Waals surface area contributed by atoms with Crippen LogP contribution in [0, 0.1) is 0 Å². The highest BCUT2D eigenvalue weighted by Gasteiger charge is 2.49. The molecule has 4 N–H and O–H groups in total. The predicted octanol–water partition coefficient (Wildman–Crippen LogP) is 12.5. The van der Waals surface area contributed by atoms with Gasteiger partial charge in [-0.05, 0) is 64.2 Å². The molecule has 8 nitrogen and oxygen atoms in total. The molecule has 0 aromatic carbocycles. The molecule has 0 fully saturated rings. The summed E-state index contributed by atoms with van der Waals surface area (Å²) < 4.78 is 35.7. The van der Waals surface area contributed by atoms with Crippen molar-refractivity contribution in [1.29, 1.82) is 0 Å². The Morgan fingerprint density at radius 1 is 0.480 bits per heavy atom. The Morgan fingerprint density at radius 3 is 1.18 bits per heavy atom. The Kier molecular flexibility index (Phi) is 34.3. The Balaban J connectivity index is 4.22. The van der Waals surface area contributed by atoms with Gasteiger partial charge in [0.05, 0.1) is 12.8 Å². The number of allylic oxidation sites excluding steroid dienone is 4. The van der Waals surface area contributed by atoms with Gasteiger partial charge in [0, 0.05) is 19.6 Å². The molecular formula is C40H80O8P2. The third-order valence-corrected chi connectivity index (χ3v) is 11.8. The highest BCUT2D eigenvalue weighted by Crippen LogP contribution is 2.55. The first kappa shape index (κ1) is 49.7. The maximum Gasteiger partial charge on any atom is 0.359 e. The average molecular weight is 751 g/mol. The molecule has 10 heteroatoms. The molecule has 0 rings (SSSR count). The summed E-state index contributed by atoms with van der Waals surface area (Å²) in [6.07, 6.45) is 41.1. The first-order valence-corrected chi connectivity index (χ1v) is 24.1. The number of unbranched alkanes of at least 4 members (excludes halogenated alkanes) is 24. The van der Waals surface area contributed by atoms with E-state index in [1.807, 2.05) is 0 Å². The van der Waals surface area contributed by atoms with Crippen molar-refractivity contribution in [3.63, 3.8) is 0 Å².